The zero-order valence-corrected chi connectivity index (χ0v) is 13.6. The molecule has 0 saturated heterocycles. The third-order valence-corrected chi connectivity index (χ3v) is 3.81. The van der Waals surface area contributed by atoms with E-state index in [4.69, 9.17) is 11.6 Å². The van der Waals surface area contributed by atoms with Gasteiger partial charge in [0, 0.05) is 17.1 Å². The van der Waals surface area contributed by atoms with Crippen LogP contribution in [0.25, 0.3) is 0 Å². The highest BCUT2D eigenvalue weighted by molar-refractivity contribution is 9.10. The fourth-order valence-corrected chi connectivity index (χ4v) is 2.69. The Kier molecular flexibility index (Phi) is 4.82. The zero-order valence-electron chi connectivity index (χ0n) is 11.3. The van der Waals surface area contributed by atoms with Crippen molar-refractivity contribution in [3.05, 3.63) is 63.1 Å². The topological polar surface area (TPSA) is 20.3 Å². The van der Waals surface area contributed by atoms with Crippen molar-refractivity contribution in [2.75, 3.05) is 11.9 Å². The Morgan fingerprint density at radius 3 is 2.45 bits per heavy atom. The number of carbonyl (C=O) groups is 1. The summed E-state index contributed by atoms with van der Waals surface area (Å²) in [6, 6.07) is 9.19. The molecule has 0 unspecified atom stereocenters. The molecule has 116 valence electrons. The summed E-state index contributed by atoms with van der Waals surface area (Å²) >= 11 is 9.30. The van der Waals surface area contributed by atoms with Crippen molar-refractivity contribution in [1.82, 2.24) is 0 Å². The third kappa shape index (κ3) is 3.62. The molecule has 0 aliphatic rings. The lowest BCUT2D eigenvalue weighted by Crippen LogP contribution is -2.26. The molecule has 2 aromatic rings. The third-order valence-electron chi connectivity index (χ3n) is 3.01. The average Bonchev–Trinajstić information content (AvgIpc) is 2.45. The smallest absolute Gasteiger partial charge is 0.310 e. The van der Waals surface area contributed by atoms with Crippen LogP contribution in [0, 0.1) is 0 Å². The second-order valence-electron chi connectivity index (χ2n) is 4.54. The maximum Gasteiger partial charge on any atom is 0.416 e. The second kappa shape index (κ2) is 6.30. The van der Waals surface area contributed by atoms with Crippen LogP contribution in [0.15, 0.2) is 46.9 Å². The first kappa shape index (κ1) is 16.8. The predicted molar refractivity (Wildman–Crippen MR) is 83.3 cm³/mol. The average molecular weight is 393 g/mol. The van der Waals surface area contributed by atoms with Gasteiger partial charge in [0.1, 0.15) is 0 Å². The number of amides is 1. The molecule has 0 spiro atoms. The molecule has 2 rings (SSSR count). The Balaban J connectivity index is 2.35. The van der Waals surface area contributed by atoms with E-state index in [0.717, 1.165) is 16.6 Å². The predicted octanol–water partition coefficient (Wildman–Crippen LogP) is 5.40. The van der Waals surface area contributed by atoms with E-state index < -0.39 is 17.6 Å². The standard InChI is InChI=1S/C15H10BrClF3NO/c1-21(13-6-5-11(16)8-12(13)17)14(22)9-3-2-4-10(7-9)15(18,19)20/h2-8H,1H3. The van der Waals surface area contributed by atoms with Crippen molar-refractivity contribution in [2.45, 2.75) is 6.18 Å². The van der Waals surface area contributed by atoms with Gasteiger partial charge >= 0.3 is 6.18 Å². The number of alkyl halides is 3. The number of carbonyl (C=O) groups excluding carboxylic acids is 1. The molecule has 0 bridgehead atoms. The second-order valence-corrected chi connectivity index (χ2v) is 5.86. The van der Waals surface area contributed by atoms with Crippen molar-refractivity contribution < 1.29 is 18.0 Å². The highest BCUT2D eigenvalue weighted by Crippen LogP contribution is 2.31. The van der Waals surface area contributed by atoms with Gasteiger partial charge in [-0.05, 0) is 36.4 Å². The monoisotopic (exact) mass is 391 g/mol. The molecule has 0 N–H and O–H groups in total. The number of anilines is 1. The Labute approximate surface area is 138 Å². The SMILES string of the molecule is CN(C(=O)c1cccc(C(F)(F)F)c1)c1ccc(Br)cc1Cl. The first-order valence-corrected chi connectivity index (χ1v) is 7.27. The number of hydrogen-bond donors (Lipinski definition) is 0. The quantitative estimate of drug-likeness (QED) is 0.670. The van der Waals surface area contributed by atoms with E-state index in [2.05, 4.69) is 15.9 Å². The van der Waals surface area contributed by atoms with E-state index in [9.17, 15) is 18.0 Å². The van der Waals surface area contributed by atoms with Gasteiger partial charge in [0.25, 0.3) is 5.91 Å². The molecular formula is C15H10BrClF3NO. The highest BCUT2D eigenvalue weighted by Gasteiger charge is 2.31. The molecule has 7 heteroatoms. The molecule has 0 aromatic heterocycles. The van der Waals surface area contributed by atoms with E-state index in [1.807, 2.05) is 0 Å². The van der Waals surface area contributed by atoms with Crippen LogP contribution in [0.2, 0.25) is 5.02 Å². The summed E-state index contributed by atoms with van der Waals surface area (Å²) in [6.07, 6.45) is -4.50. The van der Waals surface area contributed by atoms with Crippen LogP contribution in [0.1, 0.15) is 15.9 Å². The summed E-state index contributed by atoms with van der Waals surface area (Å²) in [5.41, 5.74) is -0.516. The molecule has 0 heterocycles. The molecule has 0 radical (unpaired) electrons. The summed E-state index contributed by atoms with van der Waals surface area (Å²) in [5.74, 6) is -0.574. The van der Waals surface area contributed by atoms with Gasteiger partial charge in [0.2, 0.25) is 0 Å². The van der Waals surface area contributed by atoms with Gasteiger partial charge in [-0.3, -0.25) is 4.79 Å². The van der Waals surface area contributed by atoms with Crippen molar-refractivity contribution in [3.63, 3.8) is 0 Å². The highest BCUT2D eigenvalue weighted by atomic mass is 79.9. The van der Waals surface area contributed by atoms with Gasteiger partial charge in [-0.15, -0.1) is 0 Å². The Morgan fingerprint density at radius 1 is 1.18 bits per heavy atom. The summed E-state index contributed by atoms with van der Waals surface area (Å²) in [4.78, 5) is 13.6. The van der Waals surface area contributed by atoms with Crippen LogP contribution in [0.3, 0.4) is 0 Å². The van der Waals surface area contributed by atoms with E-state index >= 15 is 0 Å². The van der Waals surface area contributed by atoms with Gasteiger partial charge in [0.15, 0.2) is 0 Å². The minimum atomic E-state index is -4.50. The molecule has 0 aliphatic heterocycles. The summed E-state index contributed by atoms with van der Waals surface area (Å²) in [6.45, 7) is 0. The summed E-state index contributed by atoms with van der Waals surface area (Å²) in [5, 5.41) is 0.317. The van der Waals surface area contributed by atoms with E-state index in [-0.39, 0.29) is 5.56 Å². The van der Waals surface area contributed by atoms with Gasteiger partial charge in [0.05, 0.1) is 16.3 Å². The van der Waals surface area contributed by atoms with E-state index in [0.29, 0.717) is 10.7 Å². The Hall–Kier alpha value is -1.53. The number of nitrogens with zero attached hydrogens (tertiary/aromatic N) is 1. The number of benzene rings is 2. The molecule has 2 aromatic carbocycles. The molecule has 2 nitrogen and oxygen atoms in total. The summed E-state index contributed by atoms with van der Waals surface area (Å²) < 4.78 is 38.9. The lowest BCUT2D eigenvalue weighted by atomic mass is 10.1. The van der Waals surface area contributed by atoms with Crippen LogP contribution < -0.4 is 4.90 Å². The van der Waals surface area contributed by atoms with Gasteiger partial charge in [-0.1, -0.05) is 33.6 Å². The van der Waals surface area contributed by atoms with Crippen LogP contribution in [0.4, 0.5) is 18.9 Å². The van der Waals surface area contributed by atoms with E-state index in [1.165, 1.54) is 24.1 Å². The molecule has 1 amide bonds. The first-order valence-electron chi connectivity index (χ1n) is 6.10. The van der Waals surface area contributed by atoms with Crippen molar-refractivity contribution in [3.8, 4) is 0 Å². The number of halogens is 5. The van der Waals surface area contributed by atoms with Gasteiger partial charge in [-0.2, -0.15) is 13.2 Å². The van der Waals surface area contributed by atoms with Gasteiger partial charge < -0.3 is 4.90 Å². The van der Waals surface area contributed by atoms with Crippen LogP contribution in [-0.2, 0) is 6.18 Å². The molecule has 22 heavy (non-hydrogen) atoms. The van der Waals surface area contributed by atoms with Crippen molar-refractivity contribution >= 4 is 39.1 Å². The Bertz CT molecular complexity index is 718. The largest absolute Gasteiger partial charge is 0.416 e. The molecule has 0 atom stereocenters. The molecule has 0 fully saturated rings. The fourth-order valence-electron chi connectivity index (χ4n) is 1.88. The molecule has 0 aliphatic carbocycles. The maximum atomic E-state index is 12.7. The minimum Gasteiger partial charge on any atom is -0.310 e. The molecule has 0 saturated carbocycles. The van der Waals surface area contributed by atoms with Crippen LogP contribution in [-0.4, -0.2) is 13.0 Å². The fraction of sp³-hybridized carbons (Fsp3) is 0.133. The van der Waals surface area contributed by atoms with Crippen molar-refractivity contribution in [2.24, 2.45) is 0 Å². The van der Waals surface area contributed by atoms with E-state index in [1.54, 1.807) is 18.2 Å². The van der Waals surface area contributed by atoms with Crippen LogP contribution >= 0.6 is 27.5 Å². The normalized spacial score (nSPS) is 11.4. The summed E-state index contributed by atoms with van der Waals surface area (Å²) in [7, 11) is 1.46. The number of hydrogen-bond acceptors (Lipinski definition) is 1. The molecular weight excluding hydrogens is 383 g/mol. The Morgan fingerprint density at radius 2 is 1.86 bits per heavy atom. The van der Waals surface area contributed by atoms with Crippen molar-refractivity contribution in [1.29, 1.82) is 0 Å². The van der Waals surface area contributed by atoms with Gasteiger partial charge in [-0.25, -0.2) is 0 Å². The zero-order chi connectivity index (χ0) is 16.5. The lowest BCUT2D eigenvalue weighted by Gasteiger charge is -2.19. The van der Waals surface area contributed by atoms with Crippen LogP contribution in [0.5, 0.6) is 0 Å². The number of rotatable bonds is 2. The lowest BCUT2D eigenvalue weighted by molar-refractivity contribution is -0.137. The maximum absolute atomic E-state index is 12.7. The minimum absolute atomic E-state index is 0.0590. The first-order chi connectivity index (χ1) is 10.2.